The van der Waals surface area contributed by atoms with Gasteiger partial charge < -0.3 is 9.84 Å². The molecule has 1 rings (SSSR count). The molecule has 82 valence electrons. The van der Waals surface area contributed by atoms with Gasteiger partial charge >= 0.3 is 5.97 Å². The molecule has 3 nitrogen and oxygen atoms in total. The second-order valence-electron chi connectivity index (χ2n) is 3.78. The Morgan fingerprint density at radius 2 is 2.07 bits per heavy atom. The first kappa shape index (κ1) is 11.4. The van der Waals surface area contributed by atoms with E-state index in [1.165, 1.54) is 0 Å². The van der Waals surface area contributed by atoms with Crippen LogP contribution in [0.1, 0.15) is 39.0 Å². The number of carbonyl (C=O) groups excluding carboxylic acids is 1. The van der Waals surface area contributed by atoms with Crippen molar-refractivity contribution in [1.29, 1.82) is 0 Å². The number of carbonyl (C=O) groups is 1. The number of hydrogen-bond donors (Lipinski definition) is 1. The molecule has 1 N–H and O–H groups in total. The van der Waals surface area contributed by atoms with Gasteiger partial charge in [-0.25, -0.2) is 9.18 Å². The lowest BCUT2D eigenvalue weighted by molar-refractivity contribution is -0.163. The first-order valence-corrected chi connectivity index (χ1v) is 5.13. The number of halogens is 1. The Morgan fingerprint density at radius 3 is 2.57 bits per heavy atom. The average molecular weight is 204 g/mol. The van der Waals surface area contributed by atoms with Gasteiger partial charge in [0, 0.05) is 0 Å². The minimum atomic E-state index is -1.89. The minimum absolute atomic E-state index is 0.148. The van der Waals surface area contributed by atoms with Crippen LogP contribution in [0.5, 0.6) is 0 Å². The van der Waals surface area contributed by atoms with Gasteiger partial charge in [0.15, 0.2) is 0 Å². The third kappa shape index (κ3) is 2.44. The third-order valence-electron chi connectivity index (χ3n) is 2.68. The maximum absolute atomic E-state index is 13.5. The summed E-state index contributed by atoms with van der Waals surface area (Å²) in [6.07, 6.45) is 1.37. The normalized spacial score (nSPS) is 22.8. The van der Waals surface area contributed by atoms with E-state index in [0.29, 0.717) is 12.8 Å². The highest BCUT2D eigenvalue weighted by atomic mass is 19.1. The van der Waals surface area contributed by atoms with Crippen LogP contribution in [0.25, 0.3) is 0 Å². The van der Waals surface area contributed by atoms with Crippen molar-refractivity contribution < 1.29 is 19.0 Å². The Hall–Kier alpha value is -0.640. The molecule has 1 saturated carbocycles. The van der Waals surface area contributed by atoms with E-state index >= 15 is 0 Å². The minimum Gasteiger partial charge on any atom is -0.464 e. The summed E-state index contributed by atoms with van der Waals surface area (Å²) in [4.78, 5) is 11.1. The fourth-order valence-corrected chi connectivity index (χ4v) is 1.85. The van der Waals surface area contributed by atoms with Crippen LogP contribution in [0.3, 0.4) is 0 Å². The summed E-state index contributed by atoms with van der Waals surface area (Å²) in [6, 6.07) is 0. The van der Waals surface area contributed by atoms with Crippen LogP contribution in [0.15, 0.2) is 0 Å². The van der Waals surface area contributed by atoms with Crippen molar-refractivity contribution in [1.82, 2.24) is 0 Å². The molecule has 0 amide bonds. The summed E-state index contributed by atoms with van der Waals surface area (Å²) in [5.41, 5.74) is -1.48. The average Bonchev–Trinajstić information content (AvgIpc) is 2.18. The molecule has 0 aliphatic heterocycles. The van der Waals surface area contributed by atoms with Crippen LogP contribution in [-0.4, -0.2) is 29.5 Å². The molecule has 1 atom stereocenters. The standard InChI is InChI=1S/C10H17FO3/c1-2-14-9(12)8(11)10(13)6-4-3-5-7-10/h8,13H,2-7H2,1H3. The maximum atomic E-state index is 13.5. The predicted octanol–water partition coefficient (Wildman–Crippen LogP) is 1.58. The van der Waals surface area contributed by atoms with Gasteiger partial charge in [-0.2, -0.15) is 0 Å². The van der Waals surface area contributed by atoms with Crippen molar-refractivity contribution in [3.05, 3.63) is 0 Å². The first-order chi connectivity index (χ1) is 6.60. The van der Waals surface area contributed by atoms with E-state index in [-0.39, 0.29) is 6.61 Å². The largest absolute Gasteiger partial charge is 0.464 e. The Labute approximate surface area is 83.3 Å². The smallest absolute Gasteiger partial charge is 0.343 e. The zero-order chi connectivity index (χ0) is 10.6. The number of alkyl halides is 1. The van der Waals surface area contributed by atoms with E-state index in [1.54, 1.807) is 6.92 Å². The van der Waals surface area contributed by atoms with Gasteiger partial charge in [0.1, 0.15) is 5.60 Å². The zero-order valence-corrected chi connectivity index (χ0v) is 8.46. The molecule has 1 fully saturated rings. The Bertz CT molecular complexity index is 200. The van der Waals surface area contributed by atoms with Gasteiger partial charge in [-0.1, -0.05) is 19.3 Å². The van der Waals surface area contributed by atoms with Crippen molar-refractivity contribution in [2.75, 3.05) is 6.61 Å². The lowest BCUT2D eigenvalue weighted by Gasteiger charge is -2.33. The monoisotopic (exact) mass is 204 g/mol. The number of hydrogen-bond acceptors (Lipinski definition) is 3. The lowest BCUT2D eigenvalue weighted by atomic mass is 9.81. The summed E-state index contributed by atoms with van der Waals surface area (Å²) in [6.45, 7) is 1.77. The highest BCUT2D eigenvalue weighted by Crippen LogP contribution is 2.32. The van der Waals surface area contributed by atoms with E-state index in [0.717, 1.165) is 19.3 Å². The Morgan fingerprint density at radius 1 is 1.50 bits per heavy atom. The quantitative estimate of drug-likeness (QED) is 0.710. The Kier molecular flexibility index (Phi) is 3.86. The first-order valence-electron chi connectivity index (χ1n) is 5.13. The zero-order valence-electron chi connectivity index (χ0n) is 8.46. The van der Waals surface area contributed by atoms with Crippen molar-refractivity contribution in [3.63, 3.8) is 0 Å². The van der Waals surface area contributed by atoms with Crippen LogP contribution in [-0.2, 0) is 9.53 Å². The molecule has 0 radical (unpaired) electrons. The summed E-state index contributed by atoms with van der Waals surface area (Å²) in [7, 11) is 0. The van der Waals surface area contributed by atoms with Crippen molar-refractivity contribution in [2.24, 2.45) is 0 Å². The second-order valence-corrected chi connectivity index (χ2v) is 3.78. The molecule has 4 heteroatoms. The van der Waals surface area contributed by atoms with E-state index in [1.807, 2.05) is 0 Å². The van der Waals surface area contributed by atoms with Crippen molar-refractivity contribution in [3.8, 4) is 0 Å². The molecular weight excluding hydrogens is 187 g/mol. The SMILES string of the molecule is CCOC(=O)C(F)C1(O)CCCCC1. The van der Waals surface area contributed by atoms with E-state index < -0.39 is 17.7 Å². The van der Waals surface area contributed by atoms with Gasteiger partial charge in [-0.05, 0) is 19.8 Å². The van der Waals surface area contributed by atoms with E-state index in [9.17, 15) is 14.3 Å². The van der Waals surface area contributed by atoms with Gasteiger partial charge in [-0.15, -0.1) is 0 Å². The molecule has 14 heavy (non-hydrogen) atoms. The molecule has 1 aliphatic rings. The number of esters is 1. The topological polar surface area (TPSA) is 46.5 Å². The predicted molar refractivity (Wildman–Crippen MR) is 49.6 cm³/mol. The van der Waals surface area contributed by atoms with Crippen molar-refractivity contribution in [2.45, 2.75) is 50.8 Å². The molecule has 0 aromatic heterocycles. The molecule has 0 bridgehead atoms. The van der Waals surface area contributed by atoms with E-state index in [4.69, 9.17) is 0 Å². The molecular formula is C10H17FO3. The van der Waals surface area contributed by atoms with Gasteiger partial charge in [-0.3, -0.25) is 0 Å². The molecule has 0 heterocycles. The molecule has 0 spiro atoms. The lowest BCUT2D eigenvalue weighted by Crippen LogP contribution is -2.46. The van der Waals surface area contributed by atoms with Crippen LogP contribution in [0.4, 0.5) is 4.39 Å². The highest BCUT2D eigenvalue weighted by molar-refractivity contribution is 5.76. The second kappa shape index (κ2) is 4.73. The fraction of sp³-hybridized carbons (Fsp3) is 0.900. The molecule has 0 aromatic rings. The highest BCUT2D eigenvalue weighted by Gasteiger charge is 2.43. The molecule has 1 aliphatic carbocycles. The molecule has 1 unspecified atom stereocenters. The van der Waals surface area contributed by atoms with Crippen LogP contribution < -0.4 is 0 Å². The Balaban J connectivity index is 2.56. The van der Waals surface area contributed by atoms with Gasteiger partial charge in [0.05, 0.1) is 6.61 Å². The van der Waals surface area contributed by atoms with Crippen LogP contribution in [0.2, 0.25) is 0 Å². The van der Waals surface area contributed by atoms with Crippen LogP contribution >= 0.6 is 0 Å². The summed E-state index contributed by atoms with van der Waals surface area (Å²) >= 11 is 0. The maximum Gasteiger partial charge on any atom is 0.343 e. The number of aliphatic hydroxyl groups is 1. The summed E-state index contributed by atoms with van der Waals surface area (Å²) in [5, 5.41) is 9.86. The molecule has 0 saturated heterocycles. The number of rotatable bonds is 3. The number of ether oxygens (including phenoxy) is 1. The fourth-order valence-electron chi connectivity index (χ4n) is 1.85. The summed E-state index contributed by atoms with van der Waals surface area (Å²) in [5.74, 6) is -0.933. The van der Waals surface area contributed by atoms with Gasteiger partial charge in [0.2, 0.25) is 6.17 Å². The van der Waals surface area contributed by atoms with Gasteiger partial charge in [0.25, 0.3) is 0 Å². The third-order valence-corrected chi connectivity index (χ3v) is 2.68. The molecule has 0 aromatic carbocycles. The van der Waals surface area contributed by atoms with E-state index in [2.05, 4.69) is 4.74 Å². The summed E-state index contributed by atoms with van der Waals surface area (Å²) < 4.78 is 18.1. The van der Waals surface area contributed by atoms with Crippen molar-refractivity contribution >= 4 is 5.97 Å². The van der Waals surface area contributed by atoms with Crippen LogP contribution in [0, 0.1) is 0 Å².